The summed E-state index contributed by atoms with van der Waals surface area (Å²) in [6.45, 7) is 1.84. The van der Waals surface area contributed by atoms with E-state index in [1.165, 1.54) is 18.4 Å². The zero-order chi connectivity index (χ0) is 13.1. The smallest absolute Gasteiger partial charge is 0.350 e. The van der Waals surface area contributed by atoms with Crippen LogP contribution in [0.1, 0.15) is 27.6 Å². The molecule has 0 saturated heterocycles. The third-order valence-electron chi connectivity index (χ3n) is 2.45. The van der Waals surface area contributed by atoms with E-state index in [4.69, 9.17) is 10.5 Å². The van der Waals surface area contributed by atoms with Crippen molar-refractivity contribution in [2.75, 3.05) is 7.11 Å². The zero-order valence-electron chi connectivity index (χ0n) is 10.2. The Balaban J connectivity index is 2.54. The third-order valence-corrected chi connectivity index (χ3v) is 3.69. The molecule has 1 heterocycles. The number of thiazole rings is 1. The molecule has 0 amide bonds. The van der Waals surface area contributed by atoms with Crippen LogP contribution in [0.5, 0.6) is 0 Å². The topological polar surface area (TPSA) is 65.2 Å². The number of benzene rings is 1. The Labute approximate surface area is 109 Å². The van der Waals surface area contributed by atoms with Crippen molar-refractivity contribution in [2.45, 2.75) is 13.0 Å². The molecule has 0 saturated carbocycles. The molecule has 2 rings (SSSR count). The van der Waals surface area contributed by atoms with Gasteiger partial charge in [0.2, 0.25) is 0 Å². The number of hydrogen-bond donors (Lipinski definition) is 1. The van der Waals surface area contributed by atoms with Crippen molar-refractivity contribution in [2.24, 2.45) is 5.73 Å². The fourth-order valence-electron chi connectivity index (χ4n) is 1.55. The lowest BCUT2D eigenvalue weighted by molar-refractivity contribution is 0.0607. The second-order valence-corrected chi connectivity index (χ2v) is 4.91. The van der Waals surface area contributed by atoms with E-state index >= 15 is 0 Å². The van der Waals surface area contributed by atoms with Crippen LogP contribution < -0.4 is 5.73 Å². The molecule has 94 valence electrons. The number of nitrogens with zero attached hydrogens (tertiary/aromatic N) is 1. The minimum atomic E-state index is -0.377. The van der Waals surface area contributed by atoms with Crippen LogP contribution in [0.2, 0.25) is 0 Å². The number of aromatic nitrogens is 1. The molecule has 0 bridgehead atoms. The Hall–Kier alpha value is -1.72. The minimum Gasteiger partial charge on any atom is -0.465 e. The summed E-state index contributed by atoms with van der Waals surface area (Å²) in [7, 11) is 1.36. The average molecular weight is 262 g/mol. The van der Waals surface area contributed by atoms with E-state index < -0.39 is 0 Å². The Bertz CT molecular complexity index is 549. The number of ether oxygens (including phenoxy) is 1. The molecule has 0 spiro atoms. The van der Waals surface area contributed by atoms with Gasteiger partial charge in [0.1, 0.15) is 9.88 Å². The van der Waals surface area contributed by atoms with E-state index in [0.29, 0.717) is 10.6 Å². The summed E-state index contributed by atoms with van der Waals surface area (Å²) in [6.07, 6.45) is 0. The van der Waals surface area contributed by atoms with Crippen molar-refractivity contribution < 1.29 is 9.53 Å². The van der Waals surface area contributed by atoms with E-state index in [2.05, 4.69) is 4.98 Å². The highest BCUT2D eigenvalue weighted by Gasteiger charge is 2.21. The standard InChI is InChI=1S/C13H14N2O2S/c1-8(14)12-15-10(9-6-4-3-5-7-9)11(18-12)13(16)17-2/h3-8H,14H2,1-2H3. The van der Waals surface area contributed by atoms with Gasteiger partial charge in [-0.1, -0.05) is 30.3 Å². The molecule has 5 heteroatoms. The summed E-state index contributed by atoms with van der Waals surface area (Å²) >= 11 is 1.28. The van der Waals surface area contributed by atoms with Gasteiger partial charge in [-0.3, -0.25) is 0 Å². The maximum absolute atomic E-state index is 11.8. The van der Waals surface area contributed by atoms with Crippen LogP contribution in [-0.4, -0.2) is 18.1 Å². The van der Waals surface area contributed by atoms with Gasteiger partial charge in [0, 0.05) is 5.56 Å². The van der Waals surface area contributed by atoms with Gasteiger partial charge in [-0.05, 0) is 6.92 Å². The van der Waals surface area contributed by atoms with Crippen LogP contribution in [0.15, 0.2) is 30.3 Å². The molecule has 1 atom stereocenters. The van der Waals surface area contributed by atoms with Crippen molar-refractivity contribution in [3.63, 3.8) is 0 Å². The summed E-state index contributed by atoms with van der Waals surface area (Å²) in [5.74, 6) is -0.377. The van der Waals surface area contributed by atoms with Gasteiger partial charge in [0.25, 0.3) is 0 Å². The van der Waals surface area contributed by atoms with E-state index in [1.54, 1.807) is 0 Å². The van der Waals surface area contributed by atoms with Crippen LogP contribution in [0, 0.1) is 0 Å². The fourth-order valence-corrected chi connectivity index (χ4v) is 2.51. The molecule has 1 aromatic heterocycles. The highest BCUT2D eigenvalue weighted by atomic mass is 32.1. The highest BCUT2D eigenvalue weighted by molar-refractivity contribution is 7.14. The number of esters is 1. The normalized spacial score (nSPS) is 12.2. The van der Waals surface area contributed by atoms with Crippen molar-refractivity contribution in [3.8, 4) is 11.3 Å². The van der Waals surface area contributed by atoms with Gasteiger partial charge >= 0.3 is 5.97 Å². The number of nitrogens with two attached hydrogens (primary N) is 1. The monoisotopic (exact) mass is 262 g/mol. The molecular formula is C13H14N2O2S. The first-order valence-electron chi connectivity index (χ1n) is 5.53. The molecule has 0 radical (unpaired) electrons. The van der Waals surface area contributed by atoms with Crippen molar-refractivity contribution >= 4 is 17.3 Å². The van der Waals surface area contributed by atoms with Gasteiger partial charge in [0.15, 0.2) is 0 Å². The number of hydrogen-bond acceptors (Lipinski definition) is 5. The van der Waals surface area contributed by atoms with Crippen molar-refractivity contribution in [1.82, 2.24) is 4.98 Å². The van der Waals surface area contributed by atoms with Crippen LogP contribution in [0.25, 0.3) is 11.3 Å². The van der Waals surface area contributed by atoms with E-state index in [-0.39, 0.29) is 12.0 Å². The summed E-state index contributed by atoms with van der Waals surface area (Å²) in [5.41, 5.74) is 7.34. The molecule has 0 aliphatic carbocycles. The van der Waals surface area contributed by atoms with Gasteiger partial charge < -0.3 is 10.5 Å². The van der Waals surface area contributed by atoms with E-state index in [9.17, 15) is 4.79 Å². The van der Waals surface area contributed by atoms with Gasteiger partial charge in [-0.2, -0.15) is 0 Å². The van der Waals surface area contributed by atoms with E-state index in [0.717, 1.165) is 10.6 Å². The predicted octanol–water partition coefficient (Wildman–Crippen LogP) is 2.62. The molecule has 1 aromatic carbocycles. The van der Waals surface area contributed by atoms with Gasteiger partial charge in [0.05, 0.1) is 18.8 Å². The number of carbonyl (C=O) groups excluding carboxylic acids is 1. The highest BCUT2D eigenvalue weighted by Crippen LogP contribution is 2.30. The average Bonchev–Trinajstić information content (AvgIpc) is 2.84. The molecule has 2 N–H and O–H groups in total. The first kappa shape index (κ1) is 12.7. The molecule has 0 aliphatic heterocycles. The molecule has 0 aliphatic rings. The third kappa shape index (κ3) is 2.42. The van der Waals surface area contributed by atoms with Crippen LogP contribution in [0.4, 0.5) is 0 Å². The summed E-state index contributed by atoms with van der Waals surface area (Å²) in [4.78, 5) is 16.7. The molecule has 4 nitrogen and oxygen atoms in total. The largest absolute Gasteiger partial charge is 0.465 e. The minimum absolute atomic E-state index is 0.198. The Morgan fingerprint density at radius 2 is 2.06 bits per heavy atom. The summed E-state index contributed by atoms with van der Waals surface area (Å²) in [5, 5.41) is 0.731. The Kier molecular flexibility index (Phi) is 3.74. The molecule has 0 fully saturated rings. The maximum atomic E-state index is 11.8. The zero-order valence-corrected chi connectivity index (χ0v) is 11.0. The lowest BCUT2D eigenvalue weighted by Gasteiger charge is -2.00. The van der Waals surface area contributed by atoms with Crippen LogP contribution >= 0.6 is 11.3 Å². The van der Waals surface area contributed by atoms with Gasteiger partial charge in [-0.15, -0.1) is 11.3 Å². The Morgan fingerprint density at radius 3 is 2.61 bits per heavy atom. The predicted molar refractivity (Wildman–Crippen MR) is 71.5 cm³/mol. The van der Waals surface area contributed by atoms with Crippen molar-refractivity contribution in [3.05, 3.63) is 40.2 Å². The molecule has 2 aromatic rings. The summed E-state index contributed by atoms with van der Waals surface area (Å²) in [6, 6.07) is 9.35. The van der Waals surface area contributed by atoms with Gasteiger partial charge in [-0.25, -0.2) is 9.78 Å². The van der Waals surface area contributed by atoms with Crippen LogP contribution in [-0.2, 0) is 4.74 Å². The maximum Gasteiger partial charge on any atom is 0.350 e. The SMILES string of the molecule is COC(=O)c1sc(C(C)N)nc1-c1ccccc1. The number of carbonyl (C=O) groups is 1. The molecule has 18 heavy (non-hydrogen) atoms. The molecule has 1 unspecified atom stereocenters. The number of methoxy groups -OCH3 is 1. The fraction of sp³-hybridized carbons (Fsp3) is 0.231. The van der Waals surface area contributed by atoms with Crippen molar-refractivity contribution in [1.29, 1.82) is 0 Å². The Morgan fingerprint density at radius 1 is 1.39 bits per heavy atom. The second-order valence-electron chi connectivity index (χ2n) is 3.88. The first-order chi connectivity index (χ1) is 8.63. The summed E-state index contributed by atoms with van der Waals surface area (Å²) < 4.78 is 4.78. The molecular weight excluding hydrogens is 248 g/mol. The first-order valence-corrected chi connectivity index (χ1v) is 6.35. The lowest BCUT2D eigenvalue weighted by atomic mass is 10.1. The quantitative estimate of drug-likeness (QED) is 0.863. The van der Waals surface area contributed by atoms with E-state index in [1.807, 2.05) is 37.3 Å². The number of rotatable bonds is 3. The second kappa shape index (κ2) is 5.29. The lowest BCUT2D eigenvalue weighted by Crippen LogP contribution is -2.03. The van der Waals surface area contributed by atoms with Crippen LogP contribution in [0.3, 0.4) is 0 Å².